The fraction of sp³-hybridized carbons (Fsp3) is 0.0500. The van der Waals surface area contributed by atoms with Crippen molar-refractivity contribution >= 4 is 10.9 Å². The van der Waals surface area contributed by atoms with Gasteiger partial charge in [0.1, 0.15) is 5.75 Å². The third-order valence-corrected chi connectivity index (χ3v) is 3.93. The summed E-state index contributed by atoms with van der Waals surface area (Å²) in [5.41, 5.74) is 9.98. The molecule has 24 heavy (non-hydrogen) atoms. The van der Waals surface area contributed by atoms with Gasteiger partial charge in [0.15, 0.2) is 0 Å². The number of rotatable bonds is 4. The molecule has 0 aliphatic heterocycles. The molecule has 118 valence electrons. The Balaban J connectivity index is 1.60. The van der Waals surface area contributed by atoms with Crippen LogP contribution in [0.3, 0.4) is 0 Å². The molecule has 0 aliphatic rings. The molecular weight excluding hydrogens is 298 g/mol. The van der Waals surface area contributed by atoms with Gasteiger partial charge >= 0.3 is 0 Å². The average molecular weight is 315 g/mol. The van der Waals surface area contributed by atoms with Crippen LogP contribution in [-0.2, 0) is 6.54 Å². The fourth-order valence-electron chi connectivity index (χ4n) is 2.70. The summed E-state index contributed by atoms with van der Waals surface area (Å²) in [6.07, 6.45) is 1.83. The zero-order valence-corrected chi connectivity index (χ0v) is 13.1. The van der Waals surface area contributed by atoms with E-state index in [2.05, 4.69) is 34.2 Å². The van der Waals surface area contributed by atoms with Gasteiger partial charge in [-0.1, -0.05) is 24.3 Å². The summed E-state index contributed by atoms with van der Waals surface area (Å²) in [5, 5.41) is 1.15. The first-order valence-corrected chi connectivity index (χ1v) is 7.83. The number of H-pyrrole nitrogens is 1. The lowest BCUT2D eigenvalue weighted by Gasteiger charge is -2.06. The second kappa shape index (κ2) is 6.18. The van der Waals surface area contributed by atoms with Gasteiger partial charge in [-0.05, 0) is 42.0 Å². The van der Waals surface area contributed by atoms with Gasteiger partial charge in [-0.25, -0.2) is 4.98 Å². The number of fused-ring (bicyclic) bond motifs is 1. The monoisotopic (exact) mass is 315 g/mol. The summed E-state index contributed by atoms with van der Waals surface area (Å²) in [7, 11) is 0. The van der Waals surface area contributed by atoms with Crippen LogP contribution in [0.15, 0.2) is 72.9 Å². The minimum Gasteiger partial charge on any atom is -0.439 e. The van der Waals surface area contributed by atoms with Crippen molar-refractivity contribution in [1.29, 1.82) is 0 Å². The maximum absolute atomic E-state index is 5.73. The Morgan fingerprint density at radius 3 is 2.50 bits per heavy atom. The molecule has 0 radical (unpaired) electrons. The SMILES string of the molecule is NCc1cc2cc(-c3ccc(Oc4ccccc4)nc3)ccc2[nH]1. The second-order valence-corrected chi connectivity index (χ2v) is 5.60. The molecule has 2 heterocycles. The number of hydrogen-bond acceptors (Lipinski definition) is 3. The Labute approximate surface area is 139 Å². The third kappa shape index (κ3) is 2.87. The zero-order chi connectivity index (χ0) is 16.4. The van der Waals surface area contributed by atoms with Crippen molar-refractivity contribution in [3.8, 4) is 22.8 Å². The molecule has 4 aromatic rings. The molecule has 0 spiro atoms. The molecule has 0 bridgehead atoms. The highest BCUT2D eigenvalue weighted by atomic mass is 16.5. The van der Waals surface area contributed by atoms with Crippen LogP contribution in [0.5, 0.6) is 11.6 Å². The third-order valence-electron chi connectivity index (χ3n) is 3.93. The van der Waals surface area contributed by atoms with Gasteiger partial charge in [-0.3, -0.25) is 0 Å². The Bertz CT molecular complexity index is 959. The molecule has 2 aromatic heterocycles. The van der Waals surface area contributed by atoms with E-state index < -0.39 is 0 Å². The first kappa shape index (κ1) is 14.5. The molecule has 0 unspecified atom stereocenters. The minimum atomic E-state index is 0.511. The van der Waals surface area contributed by atoms with Crippen LogP contribution in [-0.4, -0.2) is 9.97 Å². The van der Waals surface area contributed by atoms with Gasteiger partial charge in [0.05, 0.1) is 0 Å². The number of nitrogens with two attached hydrogens (primary N) is 1. The smallest absolute Gasteiger partial charge is 0.219 e. The lowest BCUT2D eigenvalue weighted by atomic mass is 10.1. The van der Waals surface area contributed by atoms with E-state index in [9.17, 15) is 0 Å². The van der Waals surface area contributed by atoms with Crippen LogP contribution in [0.1, 0.15) is 5.69 Å². The number of benzene rings is 2. The predicted octanol–water partition coefficient (Wildman–Crippen LogP) is 4.48. The van der Waals surface area contributed by atoms with E-state index in [1.165, 1.54) is 0 Å². The van der Waals surface area contributed by atoms with Gasteiger partial charge < -0.3 is 15.5 Å². The molecule has 0 fully saturated rings. The van der Waals surface area contributed by atoms with Crippen molar-refractivity contribution in [2.24, 2.45) is 5.73 Å². The van der Waals surface area contributed by atoms with Crippen LogP contribution in [0, 0.1) is 0 Å². The molecule has 0 saturated carbocycles. The van der Waals surface area contributed by atoms with E-state index in [1.807, 2.05) is 48.7 Å². The fourth-order valence-corrected chi connectivity index (χ4v) is 2.70. The second-order valence-electron chi connectivity index (χ2n) is 5.60. The van der Waals surface area contributed by atoms with Crippen molar-refractivity contribution in [2.75, 3.05) is 0 Å². The minimum absolute atomic E-state index is 0.511. The number of hydrogen-bond donors (Lipinski definition) is 2. The maximum Gasteiger partial charge on any atom is 0.219 e. The highest BCUT2D eigenvalue weighted by Crippen LogP contribution is 2.26. The van der Waals surface area contributed by atoms with Gasteiger partial charge in [0.25, 0.3) is 0 Å². The average Bonchev–Trinajstić information content (AvgIpc) is 3.05. The van der Waals surface area contributed by atoms with Crippen molar-refractivity contribution < 1.29 is 4.74 Å². The van der Waals surface area contributed by atoms with Crippen molar-refractivity contribution in [2.45, 2.75) is 6.54 Å². The van der Waals surface area contributed by atoms with Crippen molar-refractivity contribution in [3.05, 3.63) is 78.6 Å². The normalized spacial score (nSPS) is 10.9. The number of nitrogens with one attached hydrogen (secondary N) is 1. The molecule has 4 nitrogen and oxygen atoms in total. The van der Waals surface area contributed by atoms with E-state index >= 15 is 0 Å². The lowest BCUT2D eigenvalue weighted by Crippen LogP contribution is -1.94. The van der Waals surface area contributed by atoms with E-state index in [4.69, 9.17) is 10.5 Å². The Hall–Kier alpha value is -3.11. The van der Waals surface area contributed by atoms with Crippen LogP contribution in [0.25, 0.3) is 22.0 Å². The van der Waals surface area contributed by atoms with Gasteiger partial charge in [0.2, 0.25) is 5.88 Å². The van der Waals surface area contributed by atoms with Crippen molar-refractivity contribution in [3.63, 3.8) is 0 Å². The van der Waals surface area contributed by atoms with Gasteiger partial charge in [-0.15, -0.1) is 0 Å². The molecular formula is C20H17N3O. The topological polar surface area (TPSA) is 63.9 Å². The number of aromatic nitrogens is 2. The number of aromatic amines is 1. The Morgan fingerprint density at radius 2 is 1.75 bits per heavy atom. The van der Waals surface area contributed by atoms with Crippen LogP contribution in [0.4, 0.5) is 0 Å². The Morgan fingerprint density at radius 1 is 0.917 bits per heavy atom. The zero-order valence-electron chi connectivity index (χ0n) is 13.1. The molecule has 3 N–H and O–H groups in total. The maximum atomic E-state index is 5.73. The number of pyridine rings is 1. The molecule has 2 aromatic carbocycles. The molecule has 0 aliphatic carbocycles. The summed E-state index contributed by atoms with van der Waals surface area (Å²) in [4.78, 5) is 7.70. The quantitative estimate of drug-likeness (QED) is 0.583. The largest absolute Gasteiger partial charge is 0.439 e. The number of nitrogens with zero attached hydrogens (tertiary/aromatic N) is 1. The summed E-state index contributed by atoms with van der Waals surface area (Å²) in [6, 6.07) is 21.9. The highest BCUT2D eigenvalue weighted by Gasteiger charge is 2.04. The van der Waals surface area contributed by atoms with E-state index in [1.54, 1.807) is 0 Å². The van der Waals surface area contributed by atoms with E-state index in [-0.39, 0.29) is 0 Å². The lowest BCUT2D eigenvalue weighted by molar-refractivity contribution is 0.463. The standard InChI is InChI=1S/C20H17N3O/c21-12-17-11-16-10-14(6-8-19(16)23-17)15-7-9-20(22-13-15)24-18-4-2-1-3-5-18/h1-11,13,23H,12,21H2. The van der Waals surface area contributed by atoms with Gasteiger partial charge in [-0.2, -0.15) is 0 Å². The highest BCUT2D eigenvalue weighted by molar-refractivity contribution is 5.85. The molecule has 0 atom stereocenters. The van der Waals surface area contributed by atoms with Crippen LogP contribution in [0.2, 0.25) is 0 Å². The first-order chi connectivity index (χ1) is 11.8. The van der Waals surface area contributed by atoms with Crippen LogP contribution >= 0.6 is 0 Å². The molecule has 4 heteroatoms. The van der Waals surface area contributed by atoms with Crippen molar-refractivity contribution in [1.82, 2.24) is 9.97 Å². The predicted molar refractivity (Wildman–Crippen MR) is 95.9 cm³/mol. The summed E-state index contributed by atoms with van der Waals surface area (Å²) < 4.78 is 5.73. The molecule has 0 saturated heterocycles. The van der Waals surface area contributed by atoms with Gasteiger partial charge in [0, 0.05) is 41.0 Å². The molecule has 4 rings (SSSR count). The number of ether oxygens (including phenoxy) is 1. The van der Waals surface area contributed by atoms with E-state index in [0.717, 1.165) is 33.5 Å². The first-order valence-electron chi connectivity index (χ1n) is 7.83. The summed E-state index contributed by atoms with van der Waals surface area (Å²) >= 11 is 0. The van der Waals surface area contributed by atoms with E-state index in [0.29, 0.717) is 12.4 Å². The summed E-state index contributed by atoms with van der Waals surface area (Å²) in [5.74, 6) is 1.36. The number of para-hydroxylation sites is 1. The Kier molecular flexibility index (Phi) is 3.73. The summed E-state index contributed by atoms with van der Waals surface area (Å²) in [6.45, 7) is 0.511. The molecule has 0 amide bonds. The van der Waals surface area contributed by atoms with Crippen LogP contribution < -0.4 is 10.5 Å².